The minimum absolute atomic E-state index is 0.160. The number of carbonyl (C=O) groups excluding carboxylic acids is 1. The molecule has 1 aliphatic heterocycles. The highest BCUT2D eigenvalue weighted by Gasteiger charge is 2.28. The van der Waals surface area contributed by atoms with E-state index < -0.39 is 15.0 Å². The van der Waals surface area contributed by atoms with Gasteiger partial charge in [-0.05, 0) is 36.6 Å². The lowest BCUT2D eigenvalue weighted by molar-refractivity contribution is -0.385. The number of hydrogen-bond donors (Lipinski definition) is 1. The molecule has 1 atom stereocenters. The first-order valence-electron chi connectivity index (χ1n) is 8.39. The van der Waals surface area contributed by atoms with E-state index in [0.717, 1.165) is 5.56 Å². The lowest BCUT2D eigenvalue weighted by Gasteiger charge is -2.28. The van der Waals surface area contributed by atoms with E-state index in [4.69, 9.17) is 14.0 Å². The summed E-state index contributed by atoms with van der Waals surface area (Å²) in [5.74, 6) is 0.565. The smallest absolute Gasteiger partial charge is 0.294 e. The largest absolute Gasteiger partial charge is 0.486 e. The second-order valence-electron chi connectivity index (χ2n) is 6.23. The summed E-state index contributed by atoms with van der Waals surface area (Å²) in [6.45, 7) is 0.244. The molecule has 0 fully saturated rings. The van der Waals surface area contributed by atoms with E-state index in [1.54, 1.807) is 12.1 Å². The maximum absolute atomic E-state index is 11.2. The highest BCUT2D eigenvalue weighted by atomic mass is 32.2. The number of nitro groups is 1. The summed E-state index contributed by atoms with van der Waals surface area (Å²) in [7, 11) is -4.24. The molecule has 9 nitrogen and oxygen atoms in total. The average Bonchev–Trinajstić information content (AvgIpc) is 2.66. The highest BCUT2D eigenvalue weighted by molar-refractivity contribution is 7.85. The Morgan fingerprint density at radius 3 is 2.54 bits per heavy atom. The summed E-state index contributed by atoms with van der Waals surface area (Å²) >= 11 is 0. The van der Waals surface area contributed by atoms with E-state index in [0.29, 0.717) is 24.9 Å². The second-order valence-corrected chi connectivity index (χ2v) is 7.65. The molecule has 2 aromatic rings. The molecule has 2 aromatic carbocycles. The summed E-state index contributed by atoms with van der Waals surface area (Å²) in [5.41, 5.74) is 0.810. The molecule has 28 heavy (non-hydrogen) atoms. The van der Waals surface area contributed by atoms with E-state index in [9.17, 15) is 23.3 Å². The van der Waals surface area contributed by atoms with Gasteiger partial charge in [-0.1, -0.05) is 12.1 Å². The zero-order valence-corrected chi connectivity index (χ0v) is 15.4. The molecule has 0 radical (unpaired) electrons. The van der Waals surface area contributed by atoms with Gasteiger partial charge in [0.05, 0.1) is 15.4 Å². The van der Waals surface area contributed by atoms with Gasteiger partial charge in [0.1, 0.15) is 19.0 Å². The Morgan fingerprint density at radius 2 is 1.93 bits per heavy atom. The van der Waals surface area contributed by atoms with Crippen LogP contribution in [0.3, 0.4) is 0 Å². The van der Waals surface area contributed by atoms with Crippen LogP contribution in [0, 0.1) is 10.1 Å². The molecule has 10 heteroatoms. The van der Waals surface area contributed by atoms with Crippen LogP contribution < -0.4 is 9.47 Å². The van der Waals surface area contributed by atoms with Crippen LogP contribution in [-0.2, 0) is 27.8 Å². The number of nitrogens with zero attached hydrogens (tertiary/aromatic N) is 1. The van der Waals surface area contributed by atoms with E-state index in [2.05, 4.69) is 0 Å². The van der Waals surface area contributed by atoms with Crippen molar-refractivity contribution in [2.75, 3.05) is 6.61 Å². The van der Waals surface area contributed by atoms with Crippen LogP contribution in [0.2, 0.25) is 0 Å². The number of rotatable bonds is 7. The van der Waals surface area contributed by atoms with Crippen molar-refractivity contribution in [1.82, 2.24) is 0 Å². The molecule has 1 N–H and O–H groups in total. The van der Waals surface area contributed by atoms with Crippen molar-refractivity contribution >= 4 is 22.1 Å². The molecule has 148 valence electrons. The number of aryl methyl sites for hydroxylation is 1. The second kappa shape index (κ2) is 7.95. The summed E-state index contributed by atoms with van der Waals surface area (Å²) in [6, 6.07) is 8.53. The van der Waals surface area contributed by atoms with Gasteiger partial charge >= 0.3 is 0 Å². The van der Waals surface area contributed by atoms with Gasteiger partial charge in [-0.2, -0.15) is 8.42 Å². The zero-order valence-electron chi connectivity index (χ0n) is 14.6. The quantitative estimate of drug-likeness (QED) is 0.320. The van der Waals surface area contributed by atoms with Crippen LogP contribution in [0.4, 0.5) is 5.69 Å². The van der Waals surface area contributed by atoms with Crippen LogP contribution in [0.1, 0.15) is 17.5 Å². The third-order valence-electron chi connectivity index (χ3n) is 4.37. The maximum atomic E-state index is 11.2. The van der Waals surface area contributed by atoms with Gasteiger partial charge in [-0.15, -0.1) is 0 Å². The first kappa shape index (κ1) is 19.8. The standard InChI is InChI=1S/C18H17NO8S/c20-10-9-15-16(19(21)22)7-8-17-18(15)27-13(11-26-17)4-1-12-2-5-14(6-3-12)28(23,24)25/h2-3,5-8,10,13H,1,4,9,11H2,(H,23,24,25). The van der Waals surface area contributed by atoms with Gasteiger partial charge in [-0.3, -0.25) is 14.7 Å². The molecule has 0 spiro atoms. The molecular formula is C18H17NO8S. The summed E-state index contributed by atoms with van der Waals surface area (Å²) in [5, 5.41) is 11.2. The van der Waals surface area contributed by atoms with Crippen LogP contribution in [0.25, 0.3) is 0 Å². The van der Waals surface area contributed by atoms with Crippen molar-refractivity contribution in [3.63, 3.8) is 0 Å². The normalized spacial score (nSPS) is 15.8. The van der Waals surface area contributed by atoms with Gasteiger partial charge in [0.15, 0.2) is 11.5 Å². The Hall–Kier alpha value is -2.98. The Balaban J connectivity index is 1.73. The summed E-state index contributed by atoms with van der Waals surface area (Å²) in [6.07, 6.45) is 1.07. The molecule has 3 rings (SSSR count). The molecular weight excluding hydrogens is 390 g/mol. The topological polar surface area (TPSA) is 133 Å². The molecule has 1 aliphatic rings. The fraction of sp³-hybridized carbons (Fsp3) is 0.278. The molecule has 0 amide bonds. The molecule has 0 saturated carbocycles. The summed E-state index contributed by atoms with van der Waals surface area (Å²) < 4.78 is 42.7. The van der Waals surface area contributed by atoms with Gasteiger partial charge in [0.25, 0.3) is 15.8 Å². The number of ether oxygens (including phenoxy) is 2. The lowest BCUT2D eigenvalue weighted by atomic mass is 10.0. The molecule has 0 saturated heterocycles. The third-order valence-corrected chi connectivity index (χ3v) is 5.24. The van der Waals surface area contributed by atoms with Gasteiger partial charge in [0.2, 0.25) is 0 Å². The number of hydrogen-bond acceptors (Lipinski definition) is 7. The first-order chi connectivity index (χ1) is 13.3. The van der Waals surface area contributed by atoms with Crippen molar-refractivity contribution in [3.05, 3.63) is 57.6 Å². The Kier molecular flexibility index (Phi) is 5.61. The Bertz CT molecular complexity index is 1000. The number of benzene rings is 2. The van der Waals surface area contributed by atoms with Crippen molar-refractivity contribution in [2.24, 2.45) is 0 Å². The van der Waals surface area contributed by atoms with Crippen LogP contribution in [-0.4, -0.2) is 36.9 Å². The van der Waals surface area contributed by atoms with Crippen LogP contribution in [0.15, 0.2) is 41.3 Å². The van der Waals surface area contributed by atoms with E-state index in [1.165, 1.54) is 24.3 Å². The fourth-order valence-electron chi connectivity index (χ4n) is 2.97. The summed E-state index contributed by atoms with van der Waals surface area (Å²) in [4.78, 5) is 21.4. The monoisotopic (exact) mass is 407 g/mol. The Morgan fingerprint density at radius 1 is 1.21 bits per heavy atom. The predicted octanol–water partition coefficient (Wildman–Crippen LogP) is 2.36. The van der Waals surface area contributed by atoms with Gasteiger partial charge in [0, 0.05) is 12.5 Å². The van der Waals surface area contributed by atoms with Crippen molar-refractivity contribution in [1.29, 1.82) is 0 Å². The number of nitro benzene ring substituents is 1. The van der Waals surface area contributed by atoms with Gasteiger partial charge in [-0.25, -0.2) is 0 Å². The van der Waals surface area contributed by atoms with Crippen LogP contribution in [0.5, 0.6) is 11.5 Å². The molecule has 1 unspecified atom stereocenters. The highest BCUT2D eigenvalue weighted by Crippen LogP contribution is 2.40. The number of fused-ring (bicyclic) bond motifs is 1. The molecule has 0 aliphatic carbocycles. The van der Waals surface area contributed by atoms with Crippen molar-refractivity contribution in [2.45, 2.75) is 30.3 Å². The maximum Gasteiger partial charge on any atom is 0.294 e. The minimum atomic E-state index is -4.24. The molecule has 0 bridgehead atoms. The van der Waals surface area contributed by atoms with E-state index >= 15 is 0 Å². The fourth-order valence-corrected chi connectivity index (χ4v) is 3.45. The average molecular weight is 407 g/mol. The first-order valence-corrected chi connectivity index (χ1v) is 9.83. The lowest BCUT2D eigenvalue weighted by Crippen LogP contribution is -2.30. The Labute approximate surface area is 160 Å². The van der Waals surface area contributed by atoms with E-state index in [-0.39, 0.29) is 41.0 Å². The molecule has 0 aromatic heterocycles. The minimum Gasteiger partial charge on any atom is -0.486 e. The zero-order chi connectivity index (χ0) is 20.3. The number of carbonyl (C=O) groups is 1. The van der Waals surface area contributed by atoms with Crippen molar-refractivity contribution in [3.8, 4) is 11.5 Å². The van der Waals surface area contributed by atoms with Gasteiger partial charge < -0.3 is 14.3 Å². The predicted molar refractivity (Wildman–Crippen MR) is 97.4 cm³/mol. The van der Waals surface area contributed by atoms with E-state index in [1.807, 2.05) is 0 Å². The van der Waals surface area contributed by atoms with Crippen LogP contribution >= 0.6 is 0 Å². The SMILES string of the molecule is O=CCc1c([N+](=O)[O-])ccc2c1OC(CCc1ccc(S(=O)(=O)O)cc1)CO2. The molecule has 1 heterocycles. The number of aldehydes is 1. The van der Waals surface area contributed by atoms with Crippen molar-refractivity contribution < 1.29 is 32.2 Å². The third kappa shape index (κ3) is 4.29.